The standard InChI is InChI=1S/C11H13F2NOS/c12-10-1-8(2-11(13)3-10)6-16(15)7-9-4-14-5-9/h1-3,9,14H,4-7H2. The zero-order valence-electron chi connectivity index (χ0n) is 8.71. The Morgan fingerprint density at radius 1 is 1.25 bits per heavy atom. The minimum Gasteiger partial charge on any atom is -0.316 e. The van der Waals surface area contributed by atoms with Gasteiger partial charge in [0.25, 0.3) is 0 Å². The van der Waals surface area contributed by atoms with Crippen molar-refractivity contribution in [2.45, 2.75) is 5.75 Å². The van der Waals surface area contributed by atoms with Gasteiger partial charge in [-0.2, -0.15) is 0 Å². The van der Waals surface area contributed by atoms with Gasteiger partial charge < -0.3 is 5.32 Å². The third kappa shape index (κ3) is 3.09. The topological polar surface area (TPSA) is 29.1 Å². The lowest BCUT2D eigenvalue weighted by atomic mass is 10.1. The third-order valence-electron chi connectivity index (χ3n) is 2.54. The maximum atomic E-state index is 12.9. The molecule has 2 rings (SSSR count). The van der Waals surface area contributed by atoms with E-state index in [1.807, 2.05) is 0 Å². The second kappa shape index (κ2) is 5.01. The second-order valence-corrected chi connectivity index (χ2v) is 5.55. The van der Waals surface area contributed by atoms with E-state index in [4.69, 9.17) is 0 Å². The van der Waals surface area contributed by atoms with Crippen molar-refractivity contribution in [1.29, 1.82) is 0 Å². The van der Waals surface area contributed by atoms with Crippen molar-refractivity contribution in [3.8, 4) is 0 Å². The molecule has 88 valence electrons. The quantitative estimate of drug-likeness (QED) is 0.869. The molecule has 1 saturated heterocycles. The molecule has 5 heteroatoms. The van der Waals surface area contributed by atoms with Crippen LogP contribution in [0, 0.1) is 17.6 Å². The van der Waals surface area contributed by atoms with Crippen molar-refractivity contribution in [3.05, 3.63) is 35.4 Å². The average molecular weight is 245 g/mol. The van der Waals surface area contributed by atoms with E-state index in [1.165, 1.54) is 12.1 Å². The maximum Gasteiger partial charge on any atom is 0.126 e. The summed E-state index contributed by atoms with van der Waals surface area (Å²) < 4.78 is 37.4. The van der Waals surface area contributed by atoms with Gasteiger partial charge in [0.15, 0.2) is 0 Å². The van der Waals surface area contributed by atoms with Crippen LogP contribution in [0.3, 0.4) is 0 Å². The van der Waals surface area contributed by atoms with Crippen LogP contribution < -0.4 is 5.32 Å². The van der Waals surface area contributed by atoms with Crippen LogP contribution in [-0.4, -0.2) is 23.1 Å². The number of benzene rings is 1. The third-order valence-corrected chi connectivity index (χ3v) is 4.04. The summed E-state index contributed by atoms with van der Waals surface area (Å²) in [5.41, 5.74) is 0.461. The highest BCUT2D eigenvalue weighted by Crippen LogP contribution is 2.12. The summed E-state index contributed by atoms with van der Waals surface area (Å²) in [7, 11) is -1.04. The van der Waals surface area contributed by atoms with E-state index >= 15 is 0 Å². The molecular formula is C11H13F2NOS. The van der Waals surface area contributed by atoms with Crippen LogP contribution in [0.25, 0.3) is 0 Å². The highest BCUT2D eigenvalue weighted by Gasteiger charge is 2.19. The molecule has 1 N–H and O–H groups in total. The normalized spacial score (nSPS) is 18.1. The number of hydrogen-bond acceptors (Lipinski definition) is 2. The Kier molecular flexibility index (Phi) is 3.66. The smallest absolute Gasteiger partial charge is 0.126 e. The van der Waals surface area contributed by atoms with Crippen molar-refractivity contribution < 1.29 is 13.0 Å². The van der Waals surface area contributed by atoms with Gasteiger partial charge >= 0.3 is 0 Å². The Hall–Kier alpha value is -0.810. The predicted octanol–water partition coefficient (Wildman–Crippen LogP) is 1.43. The van der Waals surface area contributed by atoms with Crippen molar-refractivity contribution in [1.82, 2.24) is 5.32 Å². The summed E-state index contributed by atoms with van der Waals surface area (Å²) in [4.78, 5) is 0. The first-order valence-corrected chi connectivity index (χ1v) is 6.63. The maximum absolute atomic E-state index is 12.9. The minimum atomic E-state index is -1.04. The van der Waals surface area contributed by atoms with E-state index < -0.39 is 22.4 Å². The fraction of sp³-hybridized carbons (Fsp3) is 0.455. The highest BCUT2D eigenvalue weighted by atomic mass is 32.2. The first kappa shape index (κ1) is 11.7. The van der Waals surface area contributed by atoms with Crippen LogP contribution in [0.15, 0.2) is 18.2 Å². The van der Waals surface area contributed by atoms with Gasteiger partial charge in [0.1, 0.15) is 11.6 Å². The fourth-order valence-electron chi connectivity index (χ4n) is 1.67. The molecule has 16 heavy (non-hydrogen) atoms. The van der Waals surface area contributed by atoms with E-state index in [2.05, 4.69) is 5.32 Å². The molecule has 1 aromatic rings. The molecule has 1 fully saturated rings. The van der Waals surface area contributed by atoms with Crippen LogP contribution in [-0.2, 0) is 16.6 Å². The van der Waals surface area contributed by atoms with E-state index in [0.717, 1.165) is 19.2 Å². The number of hydrogen-bond donors (Lipinski definition) is 1. The van der Waals surface area contributed by atoms with Gasteiger partial charge in [0.05, 0.1) is 0 Å². The lowest BCUT2D eigenvalue weighted by Gasteiger charge is -2.26. The van der Waals surface area contributed by atoms with Crippen LogP contribution >= 0.6 is 0 Å². The highest BCUT2D eigenvalue weighted by molar-refractivity contribution is 7.84. The predicted molar refractivity (Wildman–Crippen MR) is 59.4 cm³/mol. The molecule has 1 unspecified atom stereocenters. The summed E-state index contributed by atoms with van der Waals surface area (Å²) in [6.07, 6.45) is 0. The molecule has 1 atom stereocenters. The van der Waals surface area contributed by atoms with Gasteiger partial charge in [0, 0.05) is 41.5 Å². The van der Waals surface area contributed by atoms with E-state index in [0.29, 0.717) is 17.2 Å². The van der Waals surface area contributed by atoms with Crippen LogP contribution in [0.5, 0.6) is 0 Å². The monoisotopic (exact) mass is 245 g/mol. The molecule has 1 aliphatic rings. The van der Waals surface area contributed by atoms with E-state index in [-0.39, 0.29) is 5.75 Å². The zero-order valence-corrected chi connectivity index (χ0v) is 9.53. The summed E-state index contributed by atoms with van der Waals surface area (Å²) >= 11 is 0. The van der Waals surface area contributed by atoms with Crippen molar-refractivity contribution >= 4 is 10.8 Å². The molecule has 0 bridgehead atoms. The molecule has 0 amide bonds. The SMILES string of the molecule is O=S(Cc1cc(F)cc(F)c1)CC1CNC1. The number of nitrogens with one attached hydrogen (secondary N) is 1. The zero-order chi connectivity index (χ0) is 11.5. The Morgan fingerprint density at radius 3 is 2.38 bits per heavy atom. The van der Waals surface area contributed by atoms with E-state index in [1.54, 1.807) is 0 Å². The summed E-state index contributed by atoms with van der Waals surface area (Å²) in [5.74, 6) is 0.0462. The van der Waals surface area contributed by atoms with Gasteiger partial charge in [-0.1, -0.05) is 0 Å². The largest absolute Gasteiger partial charge is 0.316 e. The van der Waals surface area contributed by atoms with Gasteiger partial charge in [-0.3, -0.25) is 4.21 Å². The lowest BCUT2D eigenvalue weighted by molar-refractivity contribution is 0.382. The molecule has 0 saturated carbocycles. The summed E-state index contributed by atoms with van der Waals surface area (Å²) in [5, 5.41) is 3.09. The molecule has 0 spiro atoms. The molecule has 1 aliphatic heterocycles. The first-order chi connectivity index (χ1) is 7.63. The van der Waals surface area contributed by atoms with Gasteiger partial charge in [-0.25, -0.2) is 8.78 Å². The lowest BCUT2D eigenvalue weighted by Crippen LogP contribution is -2.44. The minimum absolute atomic E-state index is 0.227. The van der Waals surface area contributed by atoms with Gasteiger partial charge in [-0.15, -0.1) is 0 Å². The second-order valence-electron chi connectivity index (χ2n) is 4.05. The number of rotatable bonds is 4. The van der Waals surface area contributed by atoms with Crippen LogP contribution in [0.2, 0.25) is 0 Å². The average Bonchev–Trinajstić information content (AvgIpc) is 2.09. The molecule has 1 aromatic carbocycles. The molecule has 0 aliphatic carbocycles. The summed E-state index contributed by atoms with van der Waals surface area (Å²) in [6, 6.07) is 3.29. The van der Waals surface area contributed by atoms with Crippen molar-refractivity contribution in [2.75, 3.05) is 18.8 Å². The van der Waals surface area contributed by atoms with Crippen LogP contribution in [0.4, 0.5) is 8.78 Å². The Morgan fingerprint density at radius 2 is 1.88 bits per heavy atom. The molecule has 0 radical (unpaired) electrons. The first-order valence-electron chi connectivity index (χ1n) is 5.14. The Labute approximate surface area is 95.5 Å². The van der Waals surface area contributed by atoms with Gasteiger partial charge in [0.2, 0.25) is 0 Å². The Bertz CT molecular complexity index is 387. The van der Waals surface area contributed by atoms with Crippen molar-refractivity contribution in [2.24, 2.45) is 5.92 Å². The number of halogens is 2. The molecule has 0 aromatic heterocycles. The molecular weight excluding hydrogens is 232 g/mol. The van der Waals surface area contributed by atoms with Gasteiger partial charge in [-0.05, 0) is 23.6 Å². The van der Waals surface area contributed by atoms with Crippen LogP contribution in [0.1, 0.15) is 5.56 Å². The molecule has 1 heterocycles. The van der Waals surface area contributed by atoms with E-state index in [9.17, 15) is 13.0 Å². The summed E-state index contributed by atoms with van der Waals surface area (Å²) in [6.45, 7) is 1.78. The van der Waals surface area contributed by atoms with Crippen molar-refractivity contribution in [3.63, 3.8) is 0 Å². The Balaban J connectivity index is 1.94. The fourth-order valence-corrected chi connectivity index (χ4v) is 3.09. The molecule has 2 nitrogen and oxygen atoms in total.